The summed E-state index contributed by atoms with van der Waals surface area (Å²) in [6.07, 6.45) is 0. The lowest BCUT2D eigenvalue weighted by Gasteiger charge is -2.22. The van der Waals surface area contributed by atoms with Crippen LogP contribution in [0, 0.1) is 17.1 Å². The number of amides is 2. The van der Waals surface area contributed by atoms with Crippen LogP contribution in [0.1, 0.15) is 42.3 Å². The highest BCUT2D eigenvalue weighted by atomic mass is 35.5. The van der Waals surface area contributed by atoms with Crippen molar-refractivity contribution in [2.45, 2.75) is 26.3 Å². The highest BCUT2D eigenvalue weighted by molar-refractivity contribution is 7.22. The van der Waals surface area contributed by atoms with Gasteiger partial charge in [0.25, 0.3) is 5.91 Å². The first-order valence-electron chi connectivity index (χ1n) is 11.0. The van der Waals surface area contributed by atoms with Crippen LogP contribution in [-0.2, 0) is 10.3 Å². The van der Waals surface area contributed by atoms with E-state index in [1.54, 1.807) is 38.1 Å². The van der Waals surface area contributed by atoms with Gasteiger partial charge in [0, 0.05) is 18.5 Å². The minimum Gasteiger partial charge on any atom is -0.456 e. The number of anilines is 2. The molecule has 1 aromatic heterocycles. The lowest BCUT2D eigenvalue weighted by molar-refractivity contribution is -0.114. The van der Waals surface area contributed by atoms with Crippen molar-refractivity contribution in [1.29, 1.82) is 5.26 Å². The molecule has 8 nitrogen and oxygen atoms in total. The summed E-state index contributed by atoms with van der Waals surface area (Å²) < 4.78 is 21.0. The van der Waals surface area contributed by atoms with E-state index in [-0.39, 0.29) is 39.2 Å². The largest absolute Gasteiger partial charge is 0.456 e. The van der Waals surface area contributed by atoms with Crippen LogP contribution in [-0.4, -0.2) is 16.8 Å². The first kappa shape index (κ1) is 26.0. The van der Waals surface area contributed by atoms with Crippen LogP contribution in [0.5, 0.6) is 11.5 Å². The summed E-state index contributed by atoms with van der Waals surface area (Å²) in [6, 6.07) is 14.0. The minimum absolute atomic E-state index is 0.138. The number of benzene rings is 3. The number of hydrogen-bond acceptors (Lipinski definition) is 7. The second-order valence-electron chi connectivity index (χ2n) is 8.69. The lowest BCUT2D eigenvalue weighted by Crippen LogP contribution is -2.29. The van der Waals surface area contributed by atoms with Crippen LogP contribution in [0.4, 0.5) is 15.2 Å². The number of nitrogens with zero attached hydrogens (tertiary/aromatic N) is 2. The number of thiazole rings is 1. The van der Waals surface area contributed by atoms with Gasteiger partial charge in [0.2, 0.25) is 5.91 Å². The molecule has 0 fully saturated rings. The maximum absolute atomic E-state index is 14.6. The van der Waals surface area contributed by atoms with E-state index in [0.717, 1.165) is 17.4 Å². The molecule has 0 aliphatic rings. The summed E-state index contributed by atoms with van der Waals surface area (Å²) in [7, 11) is 0. The van der Waals surface area contributed by atoms with Gasteiger partial charge < -0.3 is 21.1 Å². The van der Waals surface area contributed by atoms with Gasteiger partial charge in [-0.2, -0.15) is 5.26 Å². The lowest BCUT2D eigenvalue weighted by atomic mass is 9.93. The molecule has 37 heavy (non-hydrogen) atoms. The Balaban J connectivity index is 1.63. The number of ether oxygens (including phenoxy) is 1. The van der Waals surface area contributed by atoms with Gasteiger partial charge in [0.05, 0.1) is 26.5 Å². The van der Waals surface area contributed by atoms with Crippen molar-refractivity contribution in [3.63, 3.8) is 0 Å². The second-order valence-corrected chi connectivity index (χ2v) is 10.1. The van der Waals surface area contributed by atoms with Gasteiger partial charge in [0.15, 0.2) is 5.13 Å². The average molecular weight is 538 g/mol. The maximum atomic E-state index is 14.6. The van der Waals surface area contributed by atoms with Crippen molar-refractivity contribution in [2.24, 2.45) is 5.73 Å². The highest BCUT2D eigenvalue weighted by Gasteiger charge is 2.23. The molecule has 0 aliphatic carbocycles. The first-order valence-corrected chi connectivity index (χ1v) is 12.1. The van der Waals surface area contributed by atoms with Crippen LogP contribution in [0.15, 0.2) is 48.5 Å². The van der Waals surface area contributed by atoms with Gasteiger partial charge in [0.1, 0.15) is 28.9 Å². The van der Waals surface area contributed by atoms with Crippen LogP contribution in [0.25, 0.3) is 10.2 Å². The fourth-order valence-corrected chi connectivity index (χ4v) is 5.01. The zero-order chi connectivity index (χ0) is 26.9. The number of nitrogens with one attached hydrogen (secondary N) is 2. The van der Waals surface area contributed by atoms with Crippen molar-refractivity contribution in [3.05, 3.63) is 76.1 Å². The van der Waals surface area contributed by atoms with E-state index >= 15 is 0 Å². The van der Waals surface area contributed by atoms with Crippen LogP contribution in [0.2, 0.25) is 5.02 Å². The van der Waals surface area contributed by atoms with E-state index in [1.165, 1.54) is 25.1 Å². The number of rotatable bonds is 6. The number of aromatic nitrogens is 1. The fraction of sp³-hybridized carbons (Fsp3) is 0.154. The van der Waals surface area contributed by atoms with Gasteiger partial charge in [-0.15, -0.1) is 0 Å². The average Bonchev–Trinajstić information content (AvgIpc) is 3.22. The smallest absolute Gasteiger partial charge is 0.257 e. The minimum atomic E-state index is -0.785. The molecule has 0 saturated heterocycles. The number of carbonyl (C=O) groups excluding carboxylic acids is 2. The molecule has 0 unspecified atom stereocenters. The molecule has 0 aliphatic heterocycles. The van der Waals surface area contributed by atoms with Crippen molar-refractivity contribution in [1.82, 2.24) is 4.98 Å². The Morgan fingerprint density at radius 3 is 2.62 bits per heavy atom. The molecule has 3 aromatic carbocycles. The Hall–Kier alpha value is -4.04. The zero-order valence-electron chi connectivity index (χ0n) is 20.0. The normalized spacial score (nSPS) is 11.2. The Morgan fingerprint density at radius 2 is 1.95 bits per heavy atom. The molecule has 4 aromatic rings. The number of carbonyl (C=O) groups is 2. The van der Waals surface area contributed by atoms with Crippen molar-refractivity contribution in [2.75, 3.05) is 10.6 Å². The summed E-state index contributed by atoms with van der Waals surface area (Å²) in [5.74, 6) is -1.21. The Labute approximate surface area is 220 Å². The molecule has 0 saturated carbocycles. The number of halogens is 2. The SMILES string of the molecule is CC(=O)Nc1nc2ccc(Oc3ccc(F)c(NC(=O)c4cccc(C(C)(C)N)c4Cl)c3)c(C#N)c2s1. The summed E-state index contributed by atoms with van der Waals surface area (Å²) >= 11 is 7.56. The Bertz CT molecular complexity index is 1590. The predicted octanol–water partition coefficient (Wildman–Crippen LogP) is 6.16. The molecule has 11 heteroatoms. The molecule has 0 radical (unpaired) electrons. The van der Waals surface area contributed by atoms with Gasteiger partial charge in [-0.1, -0.05) is 35.1 Å². The van der Waals surface area contributed by atoms with Crippen LogP contribution >= 0.6 is 22.9 Å². The van der Waals surface area contributed by atoms with Gasteiger partial charge in [-0.3, -0.25) is 9.59 Å². The molecule has 0 atom stereocenters. The quantitative estimate of drug-likeness (QED) is 0.270. The summed E-state index contributed by atoms with van der Waals surface area (Å²) in [5, 5.41) is 15.4. The second kappa shape index (κ2) is 10.1. The number of nitrogens with two attached hydrogens (primary N) is 1. The van der Waals surface area contributed by atoms with Crippen molar-refractivity contribution < 1.29 is 18.7 Å². The Morgan fingerprint density at radius 1 is 1.19 bits per heavy atom. The molecule has 188 valence electrons. The molecule has 0 bridgehead atoms. The summed E-state index contributed by atoms with van der Waals surface area (Å²) in [5.41, 5.74) is 6.65. The molecule has 4 N–H and O–H groups in total. The standard InChI is InChI=1S/C26H21ClFN5O3S/c1-13(34)31-25-33-19-9-10-21(16(12-29)23(19)37-25)36-14-7-8-18(28)20(11-14)32-24(35)15-5-4-6-17(22(15)27)26(2,3)30/h4-11H,30H2,1-3H3,(H,32,35)(H,31,33,34). The summed E-state index contributed by atoms with van der Waals surface area (Å²) in [6.45, 7) is 4.88. The molecule has 1 heterocycles. The maximum Gasteiger partial charge on any atom is 0.257 e. The van der Waals surface area contributed by atoms with E-state index in [2.05, 4.69) is 21.7 Å². The van der Waals surface area contributed by atoms with Crippen molar-refractivity contribution in [3.8, 4) is 17.6 Å². The third kappa shape index (κ3) is 5.54. The van der Waals surface area contributed by atoms with Crippen LogP contribution < -0.4 is 21.1 Å². The molecule has 4 rings (SSSR count). The monoisotopic (exact) mass is 537 g/mol. The van der Waals surface area contributed by atoms with E-state index in [1.807, 2.05) is 0 Å². The van der Waals surface area contributed by atoms with Gasteiger partial charge >= 0.3 is 0 Å². The van der Waals surface area contributed by atoms with E-state index in [9.17, 15) is 19.2 Å². The van der Waals surface area contributed by atoms with Gasteiger partial charge in [-0.25, -0.2) is 9.37 Å². The molecule has 0 spiro atoms. The Kier molecular flexibility index (Phi) is 7.14. The first-order chi connectivity index (χ1) is 17.5. The third-order valence-corrected chi connectivity index (χ3v) is 6.68. The topological polar surface area (TPSA) is 130 Å². The molecular weight excluding hydrogens is 517 g/mol. The fourth-order valence-electron chi connectivity index (χ4n) is 3.55. The number of fused-ring (bicyclic) bond motifs is 1. The van der Waals surface area contributed by atoms with Crippen LogP contribution in [0.3, 0.4) is 0 Å². The number of nitriles is 1. The van der Waals surface area contributed by atoms with E-state index < -0.39 is 17.3 Å². The molecular formula is C26H21ClFN5O3S. The predicted molar refractivity (Wildman–Crippen MR) is 142 cm³/mol. The highest BCUT2D eigenvalue weighted by Crippen LogP contribution is 2.37. The summed E-state index contributed by atoms with van der Waals surface area (Å²) in [4.78, 5) is 28.6. The number of hydrogen-bond donors (Lipinski definition) is 3. The third-order valence-electron chi connectivity index (χ3n) is 5.27. The van der Waals surface area contributed by atoms with Gasteiger partial charge in [-0.05, 0) is 49.7 Å². The zero-order valence-corrected chi connectivity index (χ0v) is 21.6. The van der Waals surface area contributed by atoms with E-state index in [0.29, 0.717) is 20.9 Å². The molecule has 2 amide bonds. The van der Waals surface area contributed by atoms with Crippen molar-refractivity contribution >= 4 is 55.8 Å². The van der Waals surface area contributed by atoms with E-state index in [4.69, 9.17) is 22.1 Å².